The number of benzene rings is 1. The minimum Gasteiger partial charge on any atom is -0.376 e. The molecule has 0 saturated heterocycles. The summed E-state index contributed by atoms with van der Waals surface area (Å²) in [6.45, 7) is 1.83. The van der Waals surface area contributed by atoms with Gasteiger partial charge in [-0.2, -0.15) is 0 Å². The molecule has 0 radical (unpaired) electrons. The number of nitrogens with zero attached hydrogens (tertiary/aromatic N) is 1. The van der Waals surface area contributed by atoms with Gasteiger partial charge < -0.3 is 9.72 Å². The van der Waals surface area contributed by atoms with Gasteiger partial charge in [0.2, 0.25) is 6.08 Å². The van der Waals surface area contributed by atoms with E-state index in [1.54, 1.807) is 6.08 Å². The molecule has 0 amide bonds. The first kappa shape index (κ1) is 10.3. The first-order valence-corrected chi connectivity index (χ1v) is 5.62. The fourth-order valence-electron chi connectivity index (χ4n) is 2.30. The lowest BCUT2D eigenvalue weighted by Crippen LogP contribution is -2.08. The summed E-state index contributed by atoms with van der Waals surface area (Å²) in [4.78, 5) is 17.1. The zero-order valence-electron chi connectivity index (χ0n) is 9.32. The Hall–Kier alpha value is -1.90. The van der Waals surface area contributed by atoms with Crippen LogP contribution in [-0.2, 0) is 29.1 Å². The molecule has 4 heteroatoms. The molecule has 0 saturated carbocycles. The molecule has 17 heavy (non-hydrogen) atoms. The molecule has 2 aromatic rings. The number of aromatic nitrogens is 1. The quantitative estimate of drug-likeness (QED) is 0.632. The number of hydrogen-bond acceptors (Lipinski definition) is 3. The second-order valence-corrected chi connectivity index (χ2v) is 4.17. The Kier molecular flexibility index (Phi) is 2.52. The lowest BCUT2D eigenvalue weighted by atomic mass is 10.1. The molecule has 1 aliphatic rings. The van der Waals surface area contributed by atoms with Gasteiger partial charge in [0.05, 0.1) is 19.8 Å². The van der Waals surface area contributed by atoms with E-state index in [-0.39, 0.29) is 0 Å². The molecule has 1 aromatic carbocycles. The van der Waals surface area contributed by atoms with Gasteiger partial charge in [-0.25, -0.2) is 9.79 Å². The third-order valence-electron chi connectivity index (χ3n) is 3.13. The standard InChI is InChI=1S/C13H12N2O2/c16-8-14-6-9-1-2-12-10(5-9)11-7-17-4-3-13(11)15-12/h1-2,5,15H,3-4,6-7H2. The van der Waals surface area contributed by atoms with E-state index in [4.69, 9.17) is 4.74 Å². The fraction of sp³-hybridized carbons (Fsp3) is 0.308. The monoisotopic (exact) mass is 228 g/mol. The number of fused-ring (bicyclic) bond motifs is 3. The van der Waals surface area contributed by atoms with Gasteiger partial charge in [0.25, 0.3) is 0 Å². The van der Waals surface area contributed by atoms with Crippen molar-refractivity contribution in [2.75, 3.05) is 6.61 Å². The van der Waals surface area contributed by atoms with Crippen LogP contribution in [0.3, 0.4) is 0 Å². The summed E-state index contributed by atoms with van der Waals surface area (Å²) in [6.07, 6.45) is 2.50. The Morgan fingerprint density at radius 1 is 1.47 bits per heavy atom. The molecule has 0 spiro atoms. The highest BCUT2D eigenvalue weighted by Crippen LogP contribution is 2.27. The highest BCUT2D eigenvalue weighted by Gasteiger charge is 2.15. The Balaban J connectivity index is 2.10. The number of ether oxygens (including phenoxy) is 1. The minimum absolute atomic E-state index is 0.389. The Bertz CT molecular complexity index is 609. The highest BCUT2D eigenvalue weighted by molar-refractivity contribution is 5.85. The topological polar surface area (TPSA) is 54.5 Å². The van der Waals surface area contributed by atoms with Crippen LogP contribution in [0.15, 0.2) is 23.2 Å². The van der Waals surface area contributed by atoms with E-state index in [1.165, 1.54) is 16.6 Å². The molecule has 3 rings (SSSR count). The molecule has 86 valence electrons. The summed E-state index contributed by atoms with van der Waals surface area (Å²) in [6, 6.07) is 6.08. The smallest absolute Gasteiger partial charge is 0.235 e. The summed E-state index contributed by atoms with van der Waals surface area (Å²) in [5.74, 6) is 0. The minimum atomic E-state index is 0.389. The van der Waals surface area contributed by atoms with E-state index >= 15 is 0 Å². The first-order valence-electron chi connectivity index (χ1n) is 5.62. The molecule has 0 atom stereocenters. The SMILES string of the molecule is O=C=NCc1ccc2[nH]c3c(c2c1)COCC3. The molecular weight excluding hydrogens is 216 g/mol. The van der Waals surface area contributed by atoms with Gasteiger partial charge in [0.15, 0.2) is 0 Å². The highest BCUT2D eigenvalue weighted by atomic mass is 16.5. The molecule has 0 aliphatic carbocycles. The van der Waals surface area contributed by atoms with E-state index in [1.807, 2.05) is 12.1 Å². The molecular formula is C13H12N2O2. The maximum Gasteiger partial charge on any atom is 0.235 e. The van der Waals surface area contributed by atoms with Crippen molar-refractivity contribution in [1.82, 2.24) is 4.98 Å². The van der Waals surface area contributed by atoms with Gasteiger partial charge in [-0.3, -0.25) is 0 Å². The van der Waals surface area contributed by atoms with Crippen LogP contribution < -0.4 is 0 Å². The molecule has 1 aliphatic heterocycles. The second-order valence-electron chi connectivity index (χ2n) is 4.17. The molecule has 1 N–H and O–H groups in total. The van der Waals surface area contributed by atoms with Crippen molar-refractivity contribution in [2.45, 2.75) is 19.6 Å². The van der Waals surface area contributed by atoms with Crippen molar-refractivity contribution in [2.24, 2.45) is 4.99 Å². The Morgan fingerprint density at radius 2 is 2.41 bits per heavy atom. The number of hydrogen-bond donors (Lipinski definition) is 1. The fourth-order valence-corrected chi connectivity index (χ4v) is 2.30. The molecule has 4 nitrogen and oxygen atoms in total. The number of aliphatic imine (C=N–C) groups is 1. The lowest BCUT2D eigenvalue weighted by Gasteiger charge is -2.11. The van der Waals surface area contributed by atoms with Crippen molar-refractivity contribution in [3.63, 3.8) is 0 Å². The normalized spacial score (nSPS) is 14.4. The van der Waals surface area contributed by atoms with Crippen molar-refractivity contribution >= 4 is 17.0 Å². The van der Waals surface area contributed by atoms with E-state index in [2.05, 4.69) is 16.0 Å². The van der Waals surface area contributed by atoms with E-state index in [0.717, 1.165) is 24.1 Å². The predicted molar refractivity (Wildman–Crippen MR) is 63.5 cm³/mol. The van der Waals surface area contributed by atoms with Crippen molar-refractivity contribution in [1.29, 1.82) is 0 Å². The zero-order chi connectivity index (χ0) is 11.7. The third kappa shape index (κ3) is 1.78. The molecule has 2 heterocycles. The van der Waals surface area contributed by atoms with Crippen LogP contribution in [0.4, 0.5) is 0 Å². The van der Waals surface area contributed by atoms with Crippen LogP contribution in [-0.4, -0.2) is 17.7 Å². The van der Waals surface area contributed by atoms with Gasteiger partial charge >= 0.3 is 0 Å². The molecule has 0 fully saturated rings. The van der Waals surface area contributed by atoms with Crippen LogP contribution in [0.2, 0.25) is 0 Å². The number of isocyanates is 1. The largest absolute Gasteiger partial charge is 0.376 e. The maximum absolute atomic E-state index is 10.1. The van der Waals surface area contributed by atoms with E-state index in [0.29, 0.717) is 13.2 Å². The average Bonchev–Trinajstić information content (AvgIpc) is 2.74. The Morgan fingerprint density at radius 3 is 3.29 bits per heavy atom. The Labute approximate surface area is 98.3 Å². The summed E-state index contributed by atoms with van der Waals surface area (Å²) >= 11 is 0. The van der Waals surface area contributed by atoms with Crippen LogP contribution in [0.5, 0.6) is 0 Å². The van der Waals surface area contributed by atoms with Gasteiger partial charge in [-0.05, 0) is 17.7 Å². The number of aromatic amines is 1. The second kappa shape index (κ2) is 4.17. The first-order chi connectivity index (χ1) is 8.38. The number of H-pyrrole nitrogens is 1. The number of carbonyl (C=O) groups excluding carboxylic acids is 1. The van der Waals surface area contributed by atoms with E-state index < -0.39 is 0 Å². The third-order valence-corrected chi connectivity index (χ3v) is 3.13. The predicted octanol–water partition coefficient (Wildman–Crippen LogP) is 2.08. The van der Waals surface area contributed by atoms with Crippen LogP contribution in [0.25, 0.3) is 10.9 Å². The molecule has 1 aromatic heterocycles. The lowest BCUT2D eigenvalue weighted by molar-refractivity contribution is 0.111. The van der Waals surface area contributed by atoms with Gasteiger partial charge in [-0.1, -0.05) is 6.07 Å². The maximum atomic E-state index is 10.1. The summed E-state index contributed by atoms with van der Waals surface area (Å²) in [5, 5.41) is 1.18. The number of nitrogens with one attached hydrogen (secondary N) is 1. The van der Waals surface area contributed by atoms with Crippen molar-refractivity contribution in [3.05, 3.63) is 35.0 Å². The van der Waals surface area contributed by atoms with Crippen LogP contribution in [0.1, 0.15) is 16.8 Å². The van der Waals surface area contributed by atoms with Gasteiger partial charge in [0, 0.05) is 28.6 Å². The zero-order valence-corrected chi connectivity index (χ0v) is 9.32. The van der Waals surface area contributed by atoms with E-state index in [9.17, 15) is 4.79 Å². The van der Waals surface area contributed by atoms with Crippen molar-refractivity contribution < 1.29 is 9.53 Å². The average molecular weight is 228 g/mol. The number of rotatable bonds is 2. The summed E-state index contributed by atoms with van der Waals surface area (Å²) < 4.78 is 5.48. The summed E-state index contributed by atoms with van der Waals surface area (Å²) in [5.41, 5.74) is 4.65. The van der Waals surface area contributed by atoms with Crippen LogP contribution >= 0.6 is 0 Å². The molecule has 0 unspecified atom stereocenters. The van der Waals surface area contributed by atoms with Crippen molar-refractivity contribution in [3.8, 4) is 0 Å². The molecule has 0 bridgehead atoms. The van der Waals surface area contributed by atoms with Gasteiger partial charge in [-0.15, -0.1) is 0 Å². The van der Waals surface area contributed by atoms with Crippen LogP contribution in [0, 0.1) is 0 Å². The van der Waals surface area contributed by atoms with Gasteiger partial charge in [0.1, 0.15) is 0 Å². The summed E-state index contributed by atoms with van der Waals surface area (Å²) in [7, 11) is 0.